The maximum absolute atomic E-state index is 12.2. The summed E-state index contributed by atoms with van der Waals surface area (Å²) < 4.78 is 5.13. The van der Waals surface area contributed by atoms with Gasteiger partial charge >= 0.3 is 0 Å². The molecule has 0 atom stereocenters. The number of rotatable bonds is 8. The summed E-state index contributed by atoms with van der Waals surface area (Å²) in [4.78, 5) is 24.4. The van der Waals surface area contributed by atoms with Crippen LogP contribution in [0.1, 0.15) is 29.8 Å². The second kappa shape index (κ2) is 9.87. The minimum atomic E-state index is -0.193. The van der Waals surface area contributed by atoms with Crippen LogP contribution in [0.4, 0.5) is 5.69 Å². The van der Waals surface area contributed by atoms with Crippen molar-refractivity contribution in [3.05, 3.63) is 59.7 Å². The number of benzene rings is 2. The number of hydrogen-bond donors (Lipinski definition) is 2. The van der Waals surface area contributed by atoms with E-state index in [9.17, 15) is 9.59 Å². The molecule has 2 N–H and O–H groups in total. The highest BCUT2D eigenvalue weighted by molar-refractivity contribution is 7.99. The number of methoxy groups -OCH3 is 1. The number of thioether (sulfide) groups is 1. The minimum Gasteiger partial charge on any atom is -0.497 e. The van der Waals surface area contributed by atoms with E-state index in [2.05, 4.69) is 10.6 Å². The van der Waals surface area contributed by atoms with Crippen LogP contribution >= 0.6 is 11.8 Å². The third-order valence-electron chi connectivity index (χ3n) is 3.53. The molecule has 26 heavy (non-hydrogen) atoms. The number of carbonyl (C=O) groups excluding carboxylic acids is 2. The molecule has 0 bridgehead atoms. The molecular weight excluding hydrogens is 348 g/mol. The molecule has 5 nitrogen and oxygen atoms in total. The quantitative estimate of drug-likeness (QED) is 0.741. The Labute approximate surface area is 158 Å². The van der Waals surface area contributed by atoms with Gasteiger partial charge in [0.25, 0.3) is 5.91 Å². The number of anilines is 1. The van der Waals surface area contributed by atoms with E-state index in [0.717, 1.165) is 17.1 Å². The Hall–Kier alpha value is -2.47. The first kappa shape index (κ1) is 19.8. The first-order chi connectivity index (χ1) is 12.5. The average molecular weight is 372 g/mol. The maximum Gasteiger partial charge on any atom is 0.253 e. The Morgan fingerprint density at radius 3 is 2.42 bits per heavy atom. The highest BCUT2D eigenvalue weighted by Gasteiger charge is 2.13. The lowest BCUT2D eigenvalue weighted by molar-refractivity contribution is -0.113. The van der Waals surface area contributed by atoms with Crippen molar-refractivity contribution in [2.75, 3.05) is 18.2 Å². The van der Waals surface area contributed by atoms with Crippen LogP contribution in [0.15, 0.2) is 48.5 Å². The van der Waals surface area contributed by atoms with Gasteiger partial charge in [-0.25, -0.2) is 0 Å². The molecule has 0 aliphatic carbocycles. The van der Waals surface area contributed by atoms with E-state index in [1.54, 1.807) is 31.4 Å². The summed E-state index contributed by atoms with van der Waals surface area (Å²) in [7, 11) is 1.63. The molecule has 2 rings (SSSR count). The second-order valence-corrected chi connectivity index (χ2v) is 7.05. The monoisotopic (exact) mass is 372 g/mol. The molecule has 0 radical (unpaired) electrons. The summed E-state index contributed by atoms with van der Waals surface area (Å²) in [6.45, 7) is 3.80. The van der Waals surface area contributed by atoms with Crippen molar-refractivity contribution in [2.24, 2.45) is 0 Å². The van der Waals surface area contributed by atoms with Gasteiger partial charge in [0.1, 0.15) is 5.75 Å². The van der Waals surface area contributed by atoms with Crippen molar-refractivity contribution < 1.29 is 14.3 Å². The molecule has 0 saturated heterocycles. The van der Waals surface area contributed by atoms with E-state index in [0.29, 0.717) is 17.0 Å². The average Bonchev–Trinajstić information content (AvgIpc) is 2.62. The Balaban J connectivity index is 1.88. The number of amides is 2. The molecule has 0 aliphatic heterocycles. The van der Waals surface area contributed by atoms with Crippen LogP contribution in [0.3, 0.4) is 0 Å². The number of carbonyl (C=O) groups is 2. The van der Waals surface area contributed by atoms with Gasteiger partial charge in [-0.3, -0.25) is 9.59 Å². The van der Waals surface area contributed by atoms with E-state index in [4.69, 9.17) is 4.74 Å². The highest BCUT2D eigenvalue weighted by Crippen LogP contribution is 2.18. The summed E-state index contributed by atoms with van der Waals surface area (Å²) in [5.74, 6) is 1.53. The van der Waals surface area contributed by atoms with Crippen molar-refractivity contribution in [3.63, 3.8) is 0 Å². The molecule has 6 heteroatoms. The summed E-state index contributed by atoms with van der Waals surface area (Å²) in [6.07, 6.45) is 0. The van der Waals surface area contributed by atoms with Gasteiger partial charge in [0, 0.05) is 11.8 Å². The summed E-state index contributed by atoms with van der Waals surface area (Å²) in [5, 5.41) is 5.67. The molecule has 0 spiro atoms. The molecule has 0 aromatic heterocycles. The highest BCUT2D eigenvalue weighted by atomic mass is 32.2. The zero-order valence-electron chi connectivity index (χ0n) is 15.2. The van der Waals surface area contributed by atoms with Gasteiger partial charge in [0.2, 0.25) is 5.91 Å². The van der Waals surface area contributed by atoms with Crippen LogP contribution in [-0.4, -0.2) is 30.7 Å². The van der Waals surface area contributed by atoms with E-state index >= 15 is 0 Å². The second-order valence-electron chi connectivity index (χ2n) is 6.06. The van der Waals surface area contributed by atoms with Crippen LogP contribution < -0.4 is 15.4 Å². The lowest BCUT2D eigenvalue weighted by Crippen LogP contribution is -2.31. The molecule has 138 valence electrons. The first-order valence-electron chi connectivity index (χ1n) is 8.40. The summed E-state index contributed by atoms with van der Waals surface area (Å²) in [5.41, 5.74) is 2.12. The van der Waals surface area contributed by atoms with Crippen molar-refractivity contribution in [1.29, 1.82) is 0 Å². The molecule has 2 aromatic carbocycles. The van der Waals surface area contributed by atoms with Crippen LogP contribution in [0.2, 0.25) is 0 Å². The van der Waals surface area contributed by atoms with Gasteiger partial charge in [-0.05, 0) is 43.7 Å². The van der Waals surface area contributed by atoms with E-state index in [1.165, 1.54) is 11.8 Å². The van der Waals surface area contributed by atoms with Crippen molar-refractivity contribution in [3.8, 4) is 5.75 Å². The topological polar surface area (TPSA) is 67.4 Å². The smallest absolute Gasteiger partial charge is 0.253 e. The fourth-order valence-electron chi connectivity index (χ4n) is 2.30. The third kappa shape index (κ3) is 6.11. The predicted molar refractivity (Wildman–Crippen MR) is 107 cm³/mol. The minimum absolute atomic E-state index is 0.0336. The lowest BCUT2D eigenvalue weighted by atomic mass is 10.1. The molecule has 0 fully saturated rings. The largest absolute Gasteiger partial charge is 0.497 e. The number of nitrogens with one attached hydrogen (secondary N) is 2. The van der Waals surface area contributed by atoms with Crippen LogP contribution in [0.25, 0.3) is 0 Å². The maximum atomic E-state index is 12.2. The standard InChI is InChI=1S/C20H24N2O3S/c1-14(2)21-20(24)17-6-4-5-7-18(17)22-19(23)13-26-12-15-8-10-16(25-3)11-9-15/h4-11,14H,12-13H2,1-3H3,(H,21,24)(H,22,23). The zero-order chi connectivity index (χ0) is 18.9. The number of hydrogen-bond acceptors (Lipinski definition) is 4. The summed E-state index contributed by atoms with van der Waals surface area (Å²) in [6, 6.07) is 14.8. The molecule has 2 aromatic rings. The Kier molecular flexibility index (Phi) is 7.53. The number of para-hydroxylation sites is 1. The fraction of sp³-hybridized carbons (Fsp3) is 0.300. The normalized spacial score (nSPS) is 10.5. The van der Waals surface area contributed by atoms with Gasteiger partial charge in [-0.15, -0.1) is 11.8 Å². The van der Waals surface area contributed by atoms with Crippen LogP contribution in [0.5, 0.6) is 5.75 Å². The molecule has 0 unspecified atom stereocenters. The fourth-order valence-corrected chi connectivity index (χ4v) is 3.09. The van der Waals surface area contributed by atoms with Gasteiger partial charge in [-0.2, -0.15) is 0 Å². The van der Waals surface area contributed by atoms with Gasteiger partial charge in [0.15, 0.2) is 0 Å². The molecule has 0 aliphatic rings. The Morgan fingerprint density at radius 1 is 1.08 bits per heavy atom. The predicted octanol–water partition coefficient (Wildman–Crippen LogP) is 3.71. The SMILES string of the molecule is COc1ccc(CSCC(=O)Nc2ccccc2C(=O)NC(C)C)cc1. The van der Waals surface area contributed by atoms with Gasteiger partial charge < -0.3 is 15.4 Å². The van der Waals surface area contributed by atoms with Crippen LogP contribution in [-0.2, 0) is 10.5 Å². The van der Waals surface area contributed by atoms with Crippen LogP contribution in [0, 0.1) is 0 Å². The van der Waals surface area contributed by atoms with Crippen molar-refractivity contribution >= 4 is 29.3 Å². The molecular formula is C20H24N2O3S. The lowest BCUT2D eigenvalue weighted by Gasteiger charge is -2.13. The zero-order valence-corrected chi connectivity index (χ0v) is 16.1. The molecule has 0 heterocycles. The molecule has 2 amide bonds. The van der Waals surface area contributed by atoms with E-state index in [-0.39, 0.29) is 17.9 Å². The first-order valence-corrected chi connectivity index (χ1v) is 9.55. The van der Waals surface area contributed by atoms with E-state index in [1.807, 2.05) is 38.1 Å². The van der Waals surface area contributed by atoms with E-state index < -0.39 is 0 Å². The summed E-state index contributed by atoms with van der Waals surface area (Å²) >= 11 is 1.52. The van der Waals surface area contributed by atoms with Gasteiger partial charge in [0.05, 0.1) is 24.1 Å². The Bertz CT molecular complexity index is 745. The van der Waals surface area contributed by atoms with Gasteiger partial charge in [-0.1, -0.05) is 24.3 Å². The van der Waals surface area contributed by atoms with Crippen molar-refractivity contribution in [1.82, 2.24) is 5.32 Å². The third-order valence-corrected chi connectivity index (χ3v) is 4.53. The molecule has 0 saturated carbocycles. The van der Waals surface area contributed by atoms with Crippen molar-refractivity contribution in [2.45, 2.75) is 25.6 Å². The Morgan fingerprint density at radius 2 is 1.77 bits per heavy atom. The number of ether oxygens (including phenoxy) is 1.